The van der Waals surface area contributed by atoms with Crippen LogP contribution >= 0.6 is 0 Å². The number of ether oxygens (including phenoxy) is 1. The van der Waals surface area contributed by atoms with Crippen LogP contribution in [0.5, 0.6) is 0 Å². The number of hydrogen-bond acceptors (Lipinski definition) is 4. The zero-order chi connectivity index (χ0) is 11.0. The fraction of sp³-hybridized carbons (Fsp3) is 0.667. The van der Waals surface area contributed by atoms with Gasteiger partial charge in [-0.15, -0.1) is 0 Å². The minimum absolute atomic E-state index is 0.272. The van der Waals surface area contributed by atoms with Gasteiger partial charge in [0.15, 0.2) is 0 Å². The first-order valence-electron chi connectivity index (χ1n) is 4.35. The summed E-state index contributed by atoms with van der Waals surface area (Å²) in [6, 6.07) is 0. The molecule has 1 atom stereocenters. The fourth-order valence-corrected chi connectivity index (χ4v) is 0.814. The largest absolute Gasteiger partial charge is 0.478 e. The summed E-state index contributed by atoms with van der Waals surface area (Å²) in [7, 11) is 1.51. The van der Waals surface area contributed by atoms with Gasteiger partial charge in [0.05, 0.1) is 12.7 Å². The summed E-state index contributed by atoms with van der Waals surface area (Å²) >= 11 is 0. The van der Waals surface area contributed by atoms with Crippen LogP contribution in [0.15, 0.2) is 11.6 Å². The lowest BCUT2D eigenvalue weighted by atomic mass is 10.3. The van der Waals surface area contributed by atoms with Crippen LogP contribution in [-0.2, 0) is 9.53 Å². The SMILES string of the molecule is COCC(O)CNC/C=C(/C)C(=O)O. The molecule has 0 aliphatic carbocycles. The van der Waals surface area contributed by atoms with E-state index in [9.17, 15) is 9.90 Å². The summed E-state index contributed by atoms with van der Waals surface area (Å²) in [5, 5.41) is 20.6. The first kappa shape index (κ1) is 13.1. The Hall–Kier alpha value is -0.910. The molecule has 3 N–H and O–H groups in total. The van der Waals surface area contributed by atoms with Crippen molar-refractivity contribution in [2.75, 3.05) is 26.8 Å². The third-order valence-corrected chi connectivity index (χ3v) is 1.63. The minimum atomic E-state index is -0.927. The predicted molar refractivity (Wildman–Crippen MR) is 52.1 cm³/mol. The molecule has 0 bridgehead atoms. The minimum Gasteiger partial charge on any atom is -0.478 e. The zero-order valence-electron chi connectivity index (χ0n) is 8.49. The number of methoxy groups -OCH3 is 1. The highest BCUT2D eigenvalue weighted by Gasteiger charge is 2.01. The van der Waals surface area contributed by atoms with Crippen molar-refractivity contribution in [2.24, 2.45) is 0 Å². The number of hydrogen-bond donors (Lipinski definition) is 3. The first-order chi connectivity index (χ1) is 6.57. The van der Waals surface area contributed by atoms with Gasteiger partial charge in [0.2, 0.25) is 0 Å². The van der Waals surface area contributed by atoms with Gasteiger partial charge >= 0.3 is 5.97 Å². The van der Waals surface area contributed by atoms with Gasteiger partial charge in [0.25, 0.3) is 0 Å². The molecule has 0 aliphatic heterocycles. The van der Waals surface area contributed by atoms with Gasteiger partial charge in [-0.25, -0.2) is 4.79 Å². The molecule has 5 nitrogen and oxygen atoms in total. The monoisotopic (exact) mass is 203 g/mol. The number of aliphatic carboxylic acids is 1. The molecular formula is C9H17NO4. The highest BCUT2D eigenvalue weighted by Crippen LogP contribution is 1.89. The lowest BCUT2D eigenvalue weighted by Crippen LogP contribution is -2.30. The van der Waals surface area contributed by atoms with E-state index in [1.807, 2.05) is 0 Å². The number of carboxylic acid groups (broad SMARTS) is 1. The van der Waals surface area contributed by atoms with Gasteiger partial charge in [-0.1, -0.05) is 6.08 Å². The molecule has 0 aromatic carbocycles. The third-order valence-electron chi connectivity index (χ3n) is 1.63. The Morgan fingerprint density at radius 2 is 2.29 bits per heavy atom. The van der Waals surface area contributed by atoms with Crippen molar-refractivity contribution in [3.63, 3.8) is 0 Å². The third kappa shape index (κ3) is 6.59. The molecule has 0 aliphatic rings. The van der Waals surface area contributed by atoms with Crippen LogP contribution in [0.4, 0.5) is 0 Å². The molecule has 0 heterocycles. The van der Waals surface area contributed by atoms with Crippen LogP contribution in [0.1, 0.15) is 6.92 Å². The molecule has 0 fully saturated rings. The Morgan fingerprint density at radius 3 is 2.79 bits per heavy atom. The average molecular weight is 203 g/mol. The summed E-state index contributed by atoms with van der Waals surface area (Å²) < 4.78 is 4.72. The molecule has 1 unspecified atom stereocenters. The van der Waals surface area contributed by atoms with Gasteiger partial charge in [-0.2, -0.15) is 0 Å². The molecule has 14 heavy (non-hydrogen) atoms. The molecular weight excluding hydrogens is 186 g/mol. The second-order valence-corrected chi connectivity index (χ2v) is 2.96. The van der Waals surface area contributed by atoms with Gasteiger partial charge in [-0.05, 0) is 6.92 Å². The summed E-state index contributed by atoms with van der Waals surface area (Å²) in [5.74, 6) is -0.927. The predicted octanol–water partition coefficient (Wildman–Crippen LogP) is -0.386. The average Bonchev–Trinajstić information content (AvgIpc) is 2.12. The highest BCUT2D eigenvalue weighted by atomic mass is 16.5. The molecule has 0 rings (SSSR count). The van der Waals surface area contributed by atoms with E-state index in [1.165, 1.54) is 14.0 Å². The molecule has 0 spiro atoms. The number of aliphatic hydroxyl groups is 1. The normalized spacial score (nSPS) is 14.1. The molecule has 5 heteroatoms. The Balaban J connectivity index is 3.55. The topological polar surface area (TPSA) is 78.8 Å². The standard InChI is InChI=1S/C9H17NO4/c1-7(9(12)13)3-4-10-5-8(11)6-14-2/h3,8,10-11H,4-6H2,1-2H3,(H,12,13)/b7-3-. The molecule has 0 saturated carbocycles. The van der Waals surface area contributed by atoms with Crippen molar-refractivity contribution in [3.8, 4) is 0 Å². The van der Waals surface area contributed by atoms with Crippen LogP contribution in [0, 0.1) is 0 Å². The van der Waals surface area contributed by atoms with E-state index in [1.54, 1.807) is 6.08 Å². The second-order valence-electron chi connectivity index (χ2n) is 2.96. The van der Waals surface area contributed by atoms with Crippen molar-refractivity contribution < 1.29 is 19.7 Å². The van der Waals surface area contributed by atoms with E-state index >= 15 is 0 Å². The number of aliphatic hydroxyl groups excluding tert-OH is 1. The van der Waals surface area contributed by atoms with Crippen LogP contribution in [0.3, 0.4) is 0 Å². The summed E-state index contributed by atoms with van der Waals surface area (Å²) in [6.07, 6.45) is 1.00. The Bertz CT molecular complexity index is 203. The summed E-state index contributed by atoms with van der Waals surface area (Å²) in [6.45, 7) is 2.61. The zero-order valence-corrected chi connectivity index (χ0v) is 8.49. The van der Waals surface area contributed by atoms with E-state index in [0.717, 1.165) is 0 Å². The maximum Gasteiger partial charge on any atom is 0.330 e. The highest BCUT2D eigenvalue weighted by molar-refractivity contribution is 5.85. The first-order valence-corrected chi connectivity index (χ1v) is 4.35. The Labute approximate surface area is 83.4 Å². The Morgan fingerprint density at radius 1 is 1.64 bits per heavy atom. The quantitative estimate of drug-likeness (QED) is 0.388. The van der Waals surface area contributed by atoms with Crippen molar-refractivity contribution in [1.29, 1.82) is 0 Å². The maximum atomic E-state index is 10.4. The van der Waals surface area contributed by atoms with Gasteiger partial charge in [0.1, 0.15) is 0 Å². The van der Waals surface area contributed by atoms with E-state index in [2.05, 4.69) is 5.32 Å². The van der Waals surface area contributed by atoms with E-state index in [-0.39, 0.29) is 6.61 Å². The van der Waals surface area contributed by atoms with E-state index in [0.29, 0.717) is 18.7 Å². The molecule has 0 aromatic heterocycles. The van der Waals surface area contributed by atoms with Crippen molar-refractivity contribution >= 4 is 5.97 Å². The molecule has 0 radical (unpaired) electrons. The molecule has 0 saturated heterocycles. The van der Waals surface area contributed by atoms with Gasteiger partial charge < -0.3 is 20.3 Å². The summed E-state index contributed by atoms with van der Waals surface area (Å²) in [4.78, 5) is 10.4. The summed E-state index contributed by atoms with van der Waals surface area (Å²) in [5.41, 5.74) is 0.290. The lowest BCUT2D eigenvalue weighted by molar-refractivity contribution is -0.132. The molecule has 0 amide bonds. The van der Waals surface area contributed by atoms with Crippen LogP contribution in [-0.4, -0.2) is 49.1 Å². The van der Waals surface area contributed by atoms with Gasteiger partial charge in [-0.3, -0.25) is 0 Å². The van der Waals surface area contributed by atoms with E-state index in [4.69, 9.17) is 9.84 Å². The van der Waals surface area contributed by atoms with Crippen LogP contribution in [0.25, 0.3) is 0 Å². The lowest BCUT2D eigenvalue weighted by Gasteiger charge is -2.08. The number of carboxylic acids is 1. The van der Waals surface area contributed by atoms with Gasteiger partial charge in [0, 0.05) is 25.8 Å². The van der Waals surface area contributed by atoms with Crippen molar-refractivity contribution in [2.45, 2.75) is 13.0 Å². The number of rotatable bonds is 7. The number of carbonyl (C=O) groups is 1. The molecule has 0 aromatic rings. The Kier molecular flexibility index (Phi) is 7.00. The smallest absolute Gasteiger partial charge is 0.330 e. The maximum absolute atomic E-state index is 10.4. The van der Waals surface area contributed by atoms with E-state index < -0.39 is 12.1 Å². The number of nitrogens with one attached hydrogen (secondary N) is 1. The second kappa shape index (κ2) is 7.49. The fourth-order valence-electron chi connectivity index (χ4n) is 0.814. The van der Waals surface area contributed by atoms with Crippen LogP contribution in [0.2, 0.25) is 0 Å². The molecule has 82 valence electrons. The van der Waals surface area contributed by atoms with Crippen LogP contribution < -0.4 is 5.32 Å². The van der Waals surface area contributed by atoms with Crippen molar-refractivity contribution in [3.05, 3.63) is 11.6 Å². The van der Waals surface area contributed by atoms with Crippen molar-refractivity contribution in [1.82, 2.24) is 5.32 Å².